The summed E-state index contributed by atoms with van der Waals surface area (Å²) in [5.41, 5.74) is 0.744. The topological polar surface area (TPSA) is 12.0 Å². The summed E-state index contributed by atoms with van der Waals surface area (Å²) in [7, 11) is 0. The highest BCUT2D eigenvalue weighted by atomic mass is 15.0. The molecule has 0 aliphatic heterocycles. The maximum absolute atomic E-state index is 3.69. The minimum Gasteiger partial charge on any atom is -0.312 e. The van der Waals surface area contributed by atoms with Crippen molar-refractivity contribution in [3.8, 4) is 0 Å². The third-order valence-corrected chi connectivity index (χ3v) is 3.53. The van der Waals surface area contributed by atoms with Gasteiger partial charge in [-0.1, -0.05) is 52.9 Å². The molecule has 0 rings (SSSR count). The second-order valence-corrected chi connectivity index (χ2v) is 6.97. The van der Waals surface area contributed by atoms with Crippen molar-refractivity contribution in [1.82, 2.24) is 5.32 Å². The predicted molar refractivity (Wildman–Crippen MR) is 79.5 cm³/mol. The van der Waals surface area contributed by atoms with Crippen molar-refractivity contribution in [1.29, 1.82) is 0 Å². The fourth-order valence-corrected chi connectivity index (χ4v) is 2.36. The number of hydrogen-bond acceptors (Lipinski definition) is 1. The molecule has 0 amide bonds. The van der Waals surface area contributed by atoms with Crippen LogP contribution in [-0.4, -0.2) is 12.1 Å². The Balaban J connectivity index is 4.06. The molecule has 17 heavy (non-hydrogen) atoms. The first-order chi connectivity index (χ1) is 7.83. The monoisotopic (exact) mass is 241 g/mol. The van der Waals surface area contributed by atoms with Gasteiger partial charge in [0.1, 0.15) is 0 Å². The number of rotatable bonds is 9. The minimum absolute atomic E-state index is 0.248. The fourth-order valence-electron chi connectivity index (χ4n) is 2.36. The molecule has 1 heteroatoms. The molecule has 0 bridgehead atoms. The highest BCUT2D eigenvalue weighted by Gasteiger charge is 2.24. The standard InChI is InChI=1S/C16H35N/c1-7-9-10-11-13-16(6,12-8-2)14-17-15(3,4)5/h17H,7-14H2,1-6H3. The molecule has 0 heterocycles. The Bertz CT molecular complexity index is 180. The van der Waals surface area contributed by atoms with Gasteiger partial charge in [0.25, 0.3) is 0 Å². The van der Waals surface area contributed by atoms with Gasteiger partial charge >= 0.3 is 0 Å². The summed E-state index contributed by atoms with van der Waals surface area (Å²) >= 11 is 0. The van der Waals surface area contributed by atoms with Crippen LogP contribution in [0.25, 0.3) is 0 Å². The van der Waals surface area contributed by atoms with Gasteiger partial charge in [0, 0.05) is 12.1 Å². The Kier molecular flexibility index (Phi) is 8.11. The molecule has 0 spiro atoms. The first-order valence-electron chi connectivity index (χ1n) is 7.58. The van der Waals surface area contributed by atoms with Crippen LogP contribution in [0.1, 0.15) is 86.5 Å². The zero-order valence-corrected chi connectivity index (χ0v) is 13.2. The van der Waals surface area contributed by atoms with E-state index in [0.717, 1.165) is 6.54 Å². The number of nitrogens with one attached hydrogen (secondary N) is 1. The van der Waals surface area contributed by atoms with Crippen LogP contribution in [0.3, 0.4) is 0 Å². The summed E-state index contributed by atoms with van der Waals surface area (Å²) in [5.74, 6) is 0. The van der Waals surface area contributed by atoms with Gasteiger partial charge in [-0.05, 0) is 39.0 Å². The lowest BCUT2D eigenvalue weighted by Crippen LogP contribution is -2.43. The van der Waals surface area contributed by atoms with Crippen LogP contribution in [0, 0.1) is 5.41 Å². The number of hydrogen-bond donors (Lipinski definition) is 1. The van der Waals surface area contributed by atoms with E-state index in [0.29, 0.717) is 5.41 Å². The summed E-state index contributed by atoms with van der Waals surface area (Å²) in [6, 6.07) is 0. The normalized spacial score (nSPS) is 15.9. The maximum Gasteiger partial charge on any atom is 0.00967 e. The molecule has 1 unspecified atom stereocenters. The van der Waals surface area contributed by atoms with Crippen molar-refractivity contribution < 1.29 is 0 Å². The molecule has 0 aromatic heterocycles. The average molecular weight is 241 g/mol. The molecule has 0 aromatic carbocycles. The van der Waals surface area contributed by atoms with Crippen LogP contribution in [0.15, 0.2) is 0 Å². The second kappa shape index (κ2) is 8.13. The summed E-state index contributed by atoms with van der Waals surface area (Å²) in [4.78, 5) is 0. The van der Waals surface area contributed by atoms with E-state index in [9.17, 15) is 0 Å². The number of unbranched alkanes of at least 4 members (excludes halogenated alkanes) is 3. The molecule has 0 aliphatic carbocycles. The van der Waals surface area contributed by atoms with E-state index in [-0.39, 0.29) is 5.54 Å². The first-order valence-corrected chi connectivity index (χ1v) is 7.58. The molecule has 104 valence electrons. The predicted octanol–water partition coefficient (Wildman–Crippen LogP) is 5.15. The van der Waals surface area contributed by atoms with Crippen molar-refractivity contribution in [2.24, 2.45) is 5.41 Å². The smallest absolute Gasteiger partial charge is 0.00967 e. The molecule has 0 saturated heterocycles. The lowest BCUT2D eigenvalue weighted by atomic mass is 9.80. The third-order valence-electron chi connectivity index (χ3n) is 3.53. The minimum atomic E-state index is 0.248. The molecule has 0 radical (unpaired) electrons. The molecular weight excluding hydrogens is 206 g/mol. The van der Waals surface area contributed by atoms with E-state index in [4.69, 9.17) is 0 Å². The van der Waals surface area contributed by atoms with Gasteiger partial charge in [-0.25, -0.2) is 0 Å². The van der Waals surface area contributed by atoms with Crippen LogP contribution in [0.2, 0.25) is 0 Å². The zero-order valence-electron chi connectivity index (χ0n) is 13.2. The lowest BCUT2D eigenvalue weighted by Gasteiger charge is -2.34. The van der Waals surface area contributed by atoms with Crippen LogP contribution in [0.5, 0.6) is 0 Å². The molecular formula is C16H35N. The second-order valence-electron chi connectivity index (χ2n) is 6.97. The molecule has 1 nitrogen and oxygen atoms in total. The van der Waals surface area contributed by atoms with E-state index in [2.05, 4.69) is 46.9 Å². The van der Waals surface area contributed by atoms with Gasteiger partial charge in [-0.3, -0.25) is 0 Å². The van der Waals surface area contributed by atoms with Crippen molar-refractivity contribution >= 4 is 0 Å². The molecule has 0 saturated carbocycles. The first kappa shape index (κ1) is 17.0. The summed E-state index contributed by atoms with van der Waals surface area (Å²) < 4.78 is 0. The van der Waals surface area contributed by atoms with Crippen molar-refractivity contribution in [2.45, 2.75) is 92.0 Å². The van der Waals surface area contributed by atoms with Gasteiger partial charge in [-0.2, -0.15) is 0 Å². The zero-order chi connectivity index (χ0) is 13.4. The van der Waals surface area contributed by atoms with Crippen LogP contribution >= 0.6 is 0 Å². The Morgan fingerprint density at radius 3 is 1.88 bits per heavy atom. The highest BCUT2D eigenvalue weighted by molar-refractivity contribution is 4.81. The van der Waals surface area contributed by atoms with Gasteiger partial charge in [0.2, 0.25) is 0 Å². The van der Waals surface area contributed by atoms with E-state index in [1.54, 1.807) is 0 Å². The van der Waals surface area contributed by atoms with Crippen molar-refractivity contribution in [3.05, 3.63) is 0 Å². The molecule has 0 aromatic rings. The highest BCUT2D eigenvalue weighted by Crippen LogP contribution is 2.30. The van der Waals surface area contributed by atoms with Gasteiger partial charge in [0.15, 0.2) is 0 Å². The summed E-state index contributed by atoms with van der Waals surface area (Å²) in [5, 5.41) is 3.69. The molecule has 0 fully saturated rings. The van der Waals surface area contributed by atoms with E-state index in [1.165, 1.54) is 44.9 Å². The average Bonchev–Trinajstić information content (AvgIpc) is 2.22. The summed E-state index contributed by atoms with van der Waals surface area (Å²) in [6.45, 7) is 15.0. The largest absolute Gasteiger partial charge is 0.312 e. The quantitative estimate of drug-likeness (QED) is 0.550. The van der Waals surface area contributed by atoms with E-state index < -0.39 is 0 Å². The van der Waals surface area contributed by atoms with E-state index in [1.807, 2.05) is 0 Å². The van der Waals surface area contributed by atoms with Gasteiger partial charge < -0.3 is 5.32 Å². The van der Waals surface area contributed by atoms with Gasteiger partial charge in [0.05, 0.1) is 0 Å². The van der Waals surface area contributed by atoms with Crippen molar-refractivity contribution in [2.75, 3.05) is 6.54 Å². The SMILES string of the molecule is CCCCCCC(C)(CCC)CNC(C)(C)C. The van der Waals surface area contributed by atoms with Crippen molar-refractivity contribution in [3.63, 3.8) is 0 Å². The third kappa shape index (κ3) is 9.64. The molecule has 1 atom stereocenters. The van der Waals surface area contributed by atoms with Crippen LogP contribution in [-0.2, 0) is 0 Å². The molecule has 1 N–H and O–H groups in total. The Labute approximate surface area is 110 Å². The maximum atomic E-state index is 3.69. The Morgan fingerprint density at radius 2 is 1.41 bits per heavy atom. The van der Waals surface area contributed by atoms with Crippen LogP contribution < -0.4 is 5.32 Å². The Hall–Kier alpha value is -0.0400. The summed E-state index contributed by atoms with van der Waals surface area (Å²) in [6.07, 6.45) is 9.57. The van der Waals surface area contributed by atoms with Gasteiger partial charge in [-0.15, -0.1) is 0 Å². The van der Waals surface area contributed by atoms with E-state index >= 15 is 0 Å². The fraction of sp³-hybridized carbons (Fsp3) is 1.00. The Morgan fingerprint density at radius 1 is 0.765 bits per heavy atom. The molecule has 0 aliphatic rings. The lowest BCUT2D eigenvalue weighted by molar-refractivity contribution is 0.221. The van der Waals surface area contributed by atoms with Crippen LogP contribution in [0.4, 0.5) is 0 Å².